The highest BCUT2D eigenvalue weighted by atomic mass is 32.2. The molecule has 0 N–H and O–H groups in total. The molecule has 186 valence electrons. The summed E-state index contributed by atoms with van der Waals surface area (Å²) in [5.74, 6) is -8.83. The van der Waals surface area contributed by atoms with Gasteiger partial charge in [0.05, 0.1) is 21.7 Å². The molecule has 0 fully saturated rings. The summed E-state index contributed by atoms with van der Waals surface area (Å²) in [4.78, 5) is 6.35. The first-order valence-electron chi connectivity index (χ1n) is 9.48. The lowest BCUT2D eigenvalue weighted by Crippen LogP contribution is -2.36. The van der Waals surface area contributed by atoms with Gasteiger partial charge in [0, 0.05) is 17.6 Å². The zero-order valence-electron chi connectivity index (χ0n) is 17.2. The van der Waals surface area contributed by atoms with Gasteiger partial charge >= 0.3 is 18.3 Å². The predicted octanol–water partition coefficient (Wildman–Crippen LogP) is 4.81. The molecule has 35 heavy (non-hydrogen) atoms. The van der Waals surface area contributed by atoms with Gasteiger partial charge < -0.3 is 0 Å². The lowest BCUT2D eigenvalue weighted by Gasteiger charge is -2.20. The van der Waals surface area contributed by atoms with Crippen molar-refractivity contribution in [2.24, 2.45) is 0 Å². The molecular weight excluding hydrogens is 514 g/mol. The molecule has 0 atom stereocenters. The van der Waals surface area contributed by atoms with E-state index in [0.29, 0.717) is 18.3 Å². The van der Waals surface area contributed by atoms with Crippen LogP contribution in [0.3, 0.4) is 0 Å². The van der Waals surface area contributed by atoms with Gasteiger partial charge in [0.25, 0.3) is 0 Å². The van der Waals surface area contributed by atoms with Crippen LogP contribution in [0.5, 0.6) is 0 Å². The summed E-state index contributed by atoms with van der Waals surface area (Å²) >= 11 is 0. The maximum atomic E-state index is 14.3. The van der Waals surface area contributed by atoms with Crippen LogP contribution in [0.25, 0.3) is 28.1 Å². The molecule has 4 aromatic rings. The van der Waals surface area contributed by atoms with Gasteiger partial charge in [-0.25, -0.2) is 18.4 Å². The zero-order valence-corrected chi connectivity index (χ0v) is 18.0. The maximum absolute atomic E-state index is 14.3. The van der Waals surface area contributed by atoms with Crippen molar-refractivity contribution in [1.82, 2.24) is 24.6 Å². The van der Waals surface area contributed by atoms with Crippen molar-refractivity contribution in [1.29, 1.82) is 0 Å². The smallest absolute Gasteiger partial charge is 0.256 e. The van der Waals surface area contributed by atoms with Gasteiger partial charge in [-0.2, -0.15) is 35.1 Å². The second kappa shape index (κ2) is 7.79. The highest BCUT2D eigenvalue weighted by molar-refractivity contribution is 7.91. The maximum Gasteiger partial charge on any atom is 0.461 e. The summed E-state index contributed by atoms with van der Waals surface area (Å²) in [5.41, 5.74) is -2.88. The summed E-state index contributed by atoms with van der Waals surface area (Å²) in [5, 5.41) is 6.97. The van der Waals surface area contributed by atoms with Gasteiger partial charge in [0.2, 0.25) is 0 Å². The molecule has 0 aliphatic carbocycles. The van der Waals surface area contributed by atoms with Crippen molar-refractivity contribution in [2.75, 3.05) is 5.75 Å². The molecule has 0 saturated carbocycles. The molecule has 0 bridgehead atoms. The van der Waals surface area contributed by atoms with Crippen LogP contribution in [0.2, 0.25) is 0 Å². The average Bonchev–Trinajstić information content (AvgIpc) is 3.20. The molecule has 0 amide bonds. The summed E-state index contributed by atoms with van der Waals surface area (Å²) < 4.78 is 133. The highest BCUT2D eigenvalue weighted by Gasteiger charge is 2.61. The Bertz CT molecular complexity index is 1560. The molecule has 16 heteroatoms. The molecule has 0 unspecified atom stereocenters. The van der Waals surface area contributed by atoms with Crippen molar-refractivity contribution >= 4 is 26.4 Å². The third-order valence-corrected chi connectivity index (χ3v) is 6.74. The number of alkyl halides is 8. The van der Waals surface area contributed by atoms with E-state index >= 15 is 0 Å². The number of halogens is 8. The third-order valence-electron chi connectivity index (χ3n) is 4.99. The van der Waals surface area contributed by atoms with Crippen molar-refractivity contribution in [3.05, 3.63) is 47.9 Å². The van der Waals surface area contributed by atoms with Crippen molar-refractivity contribution < 1.29 is 43.5 Å². The Morgan fingerprint density at radius 3 is 2.23 bits per heavy atom. The van der Waals surface area contributed by atoms with E-state index in [1.54, 1.807) is 0 Å². The van der Waals surface area contributed by atoms with E-state index in [9.17, 15) is 43.5 Å². The Kier molecular flexibility index (Phi) is 5.50. The Balaban J connectivity index is 2.12. The average molecular weight is 525 g/mol. The molecule has 0 saturated heterocycles. The number of nitrogens with zero attached hydrogens (tertiary/aromatic N) is 5. The van der Waals surface area contributed by atoms with Crippen molar-refractivity contribution in [2.45, 2.75) is 30.1 Å². The molecule has 0 aliphatic heterocycles. The zero-order chi connectivity index (χ0) is 26.0. The van der Waals surface area contributed by atoms with E-state index in [-0.39, 0.29) is 9.79 Å². The lowest BCUT2D eigenvalue weighted by atomic mass is 10.1. The van der Waals surface area contributed by atoms with Crippen LogP contribution in [0, 0.1) is 0 Å². The molecule has 3 aromatic heterocycles. The number of aromatic nitrogens is 5. The quantitative estimate of drug-likeness (QED) is 0.356. The molecule has 4 rings (SSSR count). The minimum Gasteiger partial charge on any atom is -0.256 e. The van der Waals surface area contributed by atoms with Crippen LogP contribution >= 0.6 is 0 Å². The molecule has 0 aliphatic rings. The monoisotopic (exact) mass is 525 g/mol. The summed E-state index contributed by atoms with van der Waals surface area (Å²) in [6, 6.07) is 4.09. The highest BCUT2D eigenvalue weighted by Crippen LogP contribution is 2.44. The van der Waals surface area contributed by atoms with Gasteiger partial charge in [-0.3, -0.25) is 4.40 Å². The first-order valence-corrected chi connectivity index (χ1v) is 11.1. The van der Waals surface area contributed by atoms with Crippen molar-refractivity contribution in [3.8, 4) is 11.5 Å². The number of rotatable bonds is 4. The minimum atomic E-state index is -6.09. The van der Waals surface area contributed by atoms with Crippen molar-refractivity contribution in [3.63, 3.8) is 0 Å². The van der Waals surface area contributed by atoms with E-state index in [1.165, 1.54) is 6.92 Å². The summed E-state index contributed by atoms with van der Waals surface area (Å²) in [6.45, 7) is 1.22. The summed E-state index contributed by atoms with van der Waals surface area (Å²) in [7, 11) is -4.23. The molecule has 0 spiro atoms. The number of fused-ring (bicyclic) bond motifs is 2. The predicted molar refractivity (Wildman–Crippen MR) is 104 cm³/mol. The fourth-order valence-electron chi connectivity index (χ4n) is 3.22. The normalized spacial score (nSPS) is 13.6. The van der Waals surface area contributed by atoms with E-state index in [1.807, 2.05) is 0 Å². The lowest BCUT2D eigenvalue weighted by molar-refractivity contribution is -0.293. The molecule has 1 aromatic carbocycles. The van der Waals surface area contributed by atoms with E-state index in [4.69, 9.17) is 0 Å². The Hall–Kier alpha value is -3.43. The largest absolute Gasteiger partial charge is 0.461 e. The minimum absolute atomic E-state index is 0.0541. The Morgan fingerprint density at radius 1 is 0.943 bits per heavy atom. The number of hydrogen-bond donors (Lipinski definition) is 0. The first-order chi connectivity index (χ1) is 16.1. The van der Waals surface area contributed by atoms with Crippen LogP contribution in [-0.2, 0) is 21.9 Å². The molecule has 0 radical (unpaired) electrons. The van der Waals surface area contributed by atoms with E-state index in [0.717, 1.165) is 18.2 Å². The van der Waals surface area contributed by atoms with E-state index < -0.39 is 72.8 Å². The molecule has 7 nitrogen and oxygen atoms in total. The van der Waals surface area contributed by atoms with E-state index in [2.05, 4.69) is 20.2 Å². The van der Waals surface area contributed by atoms with Gasteiger partial charge in [-0.05, 0) is 18.2 Å². The second-order valence-electron chi connectivity index (χ2n) is 7.20. The van der Waals surface area contributed by atoms with Gasteiger partial charge in [0.1, 0.15) is 5.69 Å². The SMILES string of the molecule is CCS(=O)(=O)c1cc2ccc(C(F)(F)F)cc2nc1-c1nnc2ccnc(C(F)(F)C(F)(F)F)n12. The number of benzene rings is 1. The van der Waals surface area contributed by atoms with Crippen LogP contribution in [-0.4, -0.2) is 44.9 Å². The number of sulfone groups is 1. The van der Waals surface area contributed by atoms with Crippen LogP contribution in [0.15, 0.2) is 41.4 Å². The Morgan fingerprint density at radius 2 is 1.63 bits per heavy atom. The fourth-order valence-corrected chi connectivity index (χ4v) is 4.27. The summed E-state index contributed by atoms with van der Waals surface area (Å²) in [6.07, 6.45) is -10.3. The molecule has 3 heterocycles. The third kappa shape index (κ3) is 4.04. The van der Waals surface area contributed by atoms with Crippen LogP contribution in [0.4, 0.5) is 35.1 Å². The number of pyridine rings is 1. The van der Waals surface area contributed by atoms with Gasteiger partial charge in [-0.15, -0.1) is 10.2 Å². The Labute approximate surface area is 190 Å². The van der Waals surface area contributed by atoms with Gasteiger partial charge in [-0.1, -0.05) is 13.0 Å². The standard InChI is InChI=1S/C19H11F8N5O2S/c1-2-35(33,34)12-7-9-3-4-10(18(22,23)24)8-11(9)29-14(12)15-31-30-13-5-6-28-16(32(13)15)17(20,21)19(25,26)27/h3-8H,2H2,1H3. The van der Waals surface area contributed by atoms with Crippen LogP contribution < -0.4 is 0 Å². The topological polar surface area (TPSA) is 90.1 Å². The molecular formula is C19H11F8N5O2S. The second-order valence-corrected chi connectivity index (χ2v) is 9.45. The number of hydrogen-bond acceptors (Lipinski definition) is 6. The van der Waals surface area contributed by atoms with Crippen LogP contribution in [0.1, 0.15) is 18.3 Å². The van der Waals surface area contributed by atoms with Gasteiger partial charge in [0.15, 0.2) is 27.1 Å². The fraction of sp³-hybridized carbons (Fsp3) is 0.263. The first kappa shape index (κ1) is 24.7.